The molecule has 0 N–H and O–H groups in total. The van der Waals surface area contributed by atoms with Crippen molar-refractivity contribution in [3.63, 3.8) is 0 Å². The Morgan fingerprint density at radius 2 is 1.87 bits per heavy atom. The molecule has 0 aliphatic carbocycles. The summed E-state index contributed by atoms with van der Waals surface area (Å²) in [6.45, 7) is 2.51. The van der Waals surface area contributed by atoms with Crippen molar-refractivity contribution in [2.75, 3.05) is 20.8 Å². The molecule has 2 heterocycles. The van der Waals surface area contributed by atoms with E-state index in [-0.39, 0.29) is 0 Å². The van der Waals surface area contributed by atoms with Gasteiger partial charge in [-0.15, -0.1) is 21.5 Å². The third-order valence-corrected chi connectivity index (χ3v) is 6.13. The third kappa shape index (κ3) is 4.83. The average molecular weight is 456 g/mol. The molecule has 0 fully saturated rings. The summed E-state index contributed by atoms with van der Waals surface area (Å²) in [7, 11) is 3.27. The Hall–Kier alpha value is -3.04. The Bertz CT molecular complexity index is 1160. The van der Waals surface area contributed by atoms with Crippen LogP contribution in [-0.2, 0) is 5.75 Å². The first-order valence-corrected chi connectivity index (χ1v) is 11.4. The number of hydrogen-bond acceptors (Lipinski definition) is 9. The van der Waals surface area contributed by atoms with Gasteiger partial charge in [-0.1, -0.05) is 23.9 Å². The van der Waals surface area contributed by atoms with Gasteiger partial charge in [0, 0.05) is 17.2 Å². The minimum absolute atomic E-state index is 0.438. The number of ether oxygens (including phenoxy) is 3. The summed E-state index contributed by atoms with van der Waals surface area (Å²) in [6, 6.07) is 13.3. The molecular formula is C22H21N3O4S2. The van der Waals surface area contributed by atoms with E-state index < -0.39 is 0 Å². The lowest BCUT2D eigenvalue weighted by Crippen LogP contribution is -1.93. The first-order valence-electron chi connectivity index (χ1n) is 9.57. The Kier molecular flexibility index (Phi) is 6.73. The van der Waals surface area contributed by atoms with E-state index in [0.717, 1.165) is 39.1 Å². The topological polar surface area (TPSA) is 79.5 Å². The Labute approximate surface area is 188 Å². The monoisotopic (exact) mass is 455 g/mol. The molecule has 0 aliphatic rings. The van der Waals surface area contributed by atoms with Crippen LogP contribution in [0.1, 0.15) is 12.6 Å². The molecule has 31 heavy (non-hydrogen) atoms. The van der Waals surface area contributed by atoms with Crippen LogP contribution in [0.15, 0.2) is 57.5 Å². The number of hydrogen-bond donors (Lipinski definition) is 0. The third-order valence-electron chi connectivity index (χ3n) is 4.36. The normalized spacial score (nSPS) is 10.8. The van der Waals surface area contributed by atoms with Crippen LogP contribution in [-0.4, -0.2) is 36.0 Å². The van der Waals surface area contributed by atoms with Crippen molar-refractivity contribution < 1.29 is 18.6 Å². The van der Waals surface area contributed by atoms with Gasteiger partial charge in [0.25, 0.3) is 11.1 Å². The van der Waals surface area contributed by atoms with E-state index in [9.17, 15) is 0 Å². The zero-order valence-electron chi connectivity index (χ0n) is 17.3. The fourth-order valence-corrected chi connectivity index (χ4v) is 4.52. The molecular weight excluding hydrogens is 434 g/mol. The van der Waals surface area contributed by atoms with Crippen LogP contribution >= 0.6 is 23.1 Å². The lowest BCUT2D eigenvalue weighted by atomic mass is 10.2. The number of benzene rings is 2. The molecule has 7 nitrogen and oxygen atoms in total. The molecule has 0 saturated heterocycles. The maximum Gasteiger partial charge on any atom is 0.277 e. The van der Waals surface area contributed by atoms with Crippen LogP contribution in [0.5, 0.6) is 17.2 Å². The first-order chi connectivity index (χ1) is 15.2. The van der Waals surface area contributed by atoms with Crippen molar-refractivity contribution in [1.29, 1.82) is 0 Å². The molecule has 0 aliphatic heterocycles. The largest absolute Gasteiger partial charge is 0.497 e. The van der Waals surface area contributed by atoms with Gasteiger partial charge < -0.3 is 18.6 Å². The molecule has 0 saturated carbocycles. The molecule has 9 heteroatoms. The highest BCUT2D eigenvalue weighted by molar-refractivity contribution is 7.98. The van der Waals surface area contributed by atoms with Crippen LogP contribution < -0.4 is 14.2 Å². The maximum atomic E-state index is 5.83. The van der Waals surface area contributed by atoms with Crippen LogP contribution in [0.4, 0.5) is 0 Å². The van der Waals surface area contributed by atoms with Gasteiger partial charge in [-0.05, 0) is 31.2 Å². The average Bonchev–Trinajstić information content (AvgIpc) is 3.47. The number of thioether (sulfide) groups is 1. The molecule has 0 unspecified atom stereocenters. The summed E-state index contributed by atoms with van der Waals surface area (Å²) < 4.78 is 22.2. The van der Waals surface area contributed by atoms with Crippen molar-refractivity contribution in [3.05, 3.63) is 53.5 Å². The summed E-state index contributed by atoms with van der Waals surface area (Å²) >= 11 is 3.01. The highest BCUT2D eigenvalue weighted by Gasteiger charge is 2.15. The molecule has 0 atom stereocenters. The molecule has 4 rings (SSSR count). The van der Waals surface area contributed by atoms with E-state index >= 15 is 0 Å². The summed E-state index contributed by atoms with van der Waals surface area (Å²) in [5.41, 5.74) is 2.64. The van der Waals surface area contributed by atoms with Gasteiger partial charge in [0.15, 0.2) is 0 Å². The fraction of sp³-hybridized carbons (Fsp3) is 0.227. The van der Waals surface area contributed by atoms with Gasteiger partial charge in [-0.25, -0.2) is 4.98 Å². The van der Waals surface area contributed by atoms with E-state index in [0.29, 0.717) is 23.5 Å². The first kappa shape index (κ1) is 21.2. The van der Waals surface area contributed by atoms with E-state index in [1.54, 1.807) is 25.6 Å². The minimum Gasteiger partial charge on any atom is -0.497 e. The molecule has 4 aromatic rings. The minimum atomic E-state index is 0.438. The summed E-state index contributed by atoms with van der Waals surface area (Å²) in [6.07, 6.45) is 0. The quantitative estimate of drug-likeness (QED) is 0.303. The number of rotatable bonds is 9. The fourth-order valence-electron chi connectivity index (χ4n) is 2.91. The molecule has 160 valence electrons. The zero-order valence-corrected chi connectivity index (χ0v) is 19.0. The SMILES string of the molecule is CCOc1ccccc1-c1nnc(SCc2csc(-c3ccc(OC)cc3OC)n2)o1. The van der Waals surface area contributed by atoms with E-state index in [1.165, 1.54) is 11.8 Å². The van der Waals surface area contributed by atoms with E-state index in [1.807, 2.05) is 54.8 Å². The van der Waals surface area contributed by atoms with Gasteiger partial charge in [0.1, 0.15) is 22.3 Å². The second kappa shape index (κ2) is 9.84. The van der Waals surface area contributed by atoms with Gasteiger partial charge in [-0.2, -0.15) is 0 Å². The molecule has 0 amide bonds. The summed E-state index contributed by atoms with van der Waals surface area (Å²) in [5.74, 6) is 3.24. The lowest BCUT2D eigenvalue weighted by molar-refractivity contribution is 0.340. The molecule has 2 aromatic heterocycles. The number of nitrogens with zero attached hydrogens (tertiary/aromatic N) is 3. The standard InChI is InChI=1S/C22H21N3O4S2/c1-4-28-18-8-6-5-7-16(18)20-24-25-22(29-20)31-13-14-12-30-21(23-14)17-10-9-15(26-2)11-19(17)27-3/h5-12H,4,13H2,1-3H3. The van der Waals surface area contributed by atoms with Gasteiger partial charge >= 0.3 is 0 Å². The molecule has 0 spiro atoms. The maximum absolute atomic E-state index is 5.83. The Morgan fingerprint density at radius 1 is 1.00 bits per heavy atom. The number of thiazole rings is 1. The highest BCUT2D eigenvalue weighted by Crippen LogP contribution is 2.36. The summed E-state index contributed by atoms with van der Waals surface area (Å²) in [4.78, 5) is 4.73. The van der Waals surface area contributed by atoms with E-state index in [4.69, 9.17) is 23.6 Å². The molecule has 0 bridgehead atoms. The van der Waals surface area contributed by atoms with Crippen LogP contribution in [0.25, 0.3) is 22.0 Å². The predicted molar refractivity (Wildman–Crippen MR) is 121 cm³/mol. The number of aromatic nitrogens is 3. The molecule has 0 radical (unpaired) electrons. The Balaban J connectivity index is 1.46. The van der Waals surface area contributed by atoms with Crippen LogP contribution in [0.3, 0.4) is 0 Å². The zero-order chi connectivity index (χ0) is 21.6. The second-order valence-corrected chi connectivity index (χ2v) is 8.09. The van der Waals surface area contributed by atoms with Crippen LogP contribution in [0.2, 0.25) is 0 Å². The van der Waals surface area contributed by atoms with Crippen molar-refractivity contribution in [3.8, 4) is 39.3 Å². The van der Waals surface area contributed by atoms with Gasteiger partial charge in [-0.3, -0.25) is 0 Å². The summed E-state index contributed by atoms with van der Waals surface area (Å²) in [5, 5.41) is 11.7. The molecule has 2 aromatic carbocycles. The number of methoxy groups -OCH3 is 2. The van der Waals surface area contributed by atoms with E-state index in [2.05, 4.69) is 10.2 Å². The van der Waals surface area contributed by atoms with Crippen molar-refractivity contribution in [2.45, 2.75) is 17.9 Å². The van der Waals surface area contributed by atoms with Crippen molar-refractivity contribution in [2.24, 2.45) is 0 Å². The smallest absolute Gasteiger partial charge is 0.277 e. The van der Waals surface area contributed by atoms with Gasteiger partial charge in [0.05, 0.1) is 37.6 Å². The lowest BCUT2D eigenvalue weighted by Gasteiger charge is -2.08. The Morgan fingerprint density at radius 3 is 2.68 bits per heavy atom. The number of para-hydroxylation sites is 1. The predicted octanol–water partition coefficient (Wildman–Crippen LogP) is 5.57. The second-order valence-electron chi connectivity index (χ2n) is 6.30. The van der Waals surface area contributed by atoms with Crippen molar-refractivity contribution in [1.82, 2.24) is 15.2 Å². The van der Waals surface area contributed by atoms with Gasteiger partial charge in [0.2, 0.25) is 0 Å². The van der Waals surface area contributed by atoms with Crippen molar-refractivity contribution >= 4 is 23.1 Å². The van der Waals surface area contributed by atoms with Crippen LogP contribution in [0, 0.1) is 0 Å². The highest BCUT2D eigenvalue weighted by atomic mass is 32.2.